The van der Waals surface area contributed by atoms with Crippen molar-refractivity contribution in [3.8, 4) is 5.75 Å². The molecule has 1 aliphatic heterocycles. The number of carbonyl (C=O) groups excluding carboxylic acids is 1. The minimum absolute atomic E-state index is 0.0713. The smallest absolute Gasteiger partial charge is 0.339 e. The quantitative estimate of drug-likeness (QED) is 0.287. The van der Waals surface area contributed by atoms with Crippen LogP contribution in [0, 0.1) is 6.92 Å². The minimum atomic E-state index is -1.36. The molecule has 0 unspecified atom stereocenters. The van der Waals surface area contributed by atoms with E-state index in [2.05, 4.69) is 0 Å². The summed E-state index contributed by atoms with van der Waals surface area (Å²) >= 11 is 1.40. The van der Waals surface area contributed by atoms with Crippen molar-refractivity contribution in [1.29, 1.82) is 0 Å². The van der Waals surface area contributed by atoms with Gasteiger partial charge in [-0.15, -0.1) is 11.3 Å². The van der Waals surface area contributed by atoms with Crippen LogP contribution in [0.3, 0.4) is 0 Å². The Morgan fingerprint density at radius 3 is 2.57 bits per heavy atom. The number of aliphatic hydroxyl groups excluding tert-OH is 2. The number of hydrogen-bond acceptors (Lipinski definition) is 9. The molecule has 2 N–H and O–H groups in total. The van der Waals surface area contributed by atoms with E-state index in [1.54, 1.807) is 39.0 Å². The Morgan fingerprint density at radius 1 is 1.08 bits per heavy atom. The predicted molar refractivity (Wildman–Crippen MR) is 139 cm³/mol. The molecular formula is C28H28O8S. The minimum Gasteiger partial charge on any atom is -0.462 e. The number of ether oxygens (including phenoxy) is 3. The third-order valence-electron chi connectivity index (χ3n) is 6.77. The fourth-order valence-corrected chi connectivity index (χ4v) is 5.81. The van der Waals surface area contributed by atoms with Crippen LogP contribution in [0.25, 0.3) is 21.1 Å². The lowest BCUT2D eigenvalue weighted by Crippen LogP contribution is -2.63. The van der Waals surface area contributed by atoms with E-state index in [1.807, 2.05) is 30.3 Å². The van der Waals surface area contributed by atoms with Crippen LogP contribution in [0.5, 0.6) is 5.75 Å². The van der Waals surface area contributed by atoms with Crippen LogP contribution in [-0.2, 0) is 15.9 Å². The maximum Gasteiger partial charge on any atom is 0.339 e. The summed E-state index contributed by atoms with van der Waals surface area (Å²) in [5.74, 6) is 0.177. The highest BCUT2D eigenvalue weighted by Gasteiger charge is 2.50. The molecule has 1 aliphatic rings. The Labute approximate surface area is 217 Å². The van der Waals surface area contributed by atoms with Gasteiger partial charge in [0.25, 0.3) is 0 Å². The van der Waals surface area contributed by atoms with Gasteiger partial charge in [-0.1, -0.05) is 18.2 Å². The molecule has 0 aliphatic carbocycles. The zero-order chi connectivity index (χ0) is 26.5. The number of aryl methyl sites for hydroxylation is 1. The molecule has 3 heterocycles. The molecule has 9 heteroatoms. The first kappa shape index (κ1) is 25.6. The van der Waals surface area contributed by atoms with Crippen LogP contribution in [0.15, 0.2) is 57.7 Å². The van der Waals surface area contributed by atoms with E-state index in [1.165, 1.54) is 18.4 Å². The van der Waals surface area contributed by atoms with Crippen molar-refractivity contribution in [3.63, 3.8) is 0 Å². The number of rotatable bonds is 6. The lowest BCUT2D eigenvalue weighted by Gasteiger charge is -2.46. The molecule has 5 rings (SSSR count). The number of hydrogen-bond donors (Lipinski definition) is 2. The van der Waals surface area contributed by atoms with Crippen LogP contribution >= 0.6 is 11.3 Å². The molecule has 0 spiro atoms. The third kappa shape index (κ3) is 4.69. The van der Waals surface area contributed by atoms with Crippen molar-refractivity contribution in [2.75, 3.05) is 7.11 Å². The highest BCUT2D eigenvalue weighted by Crippen LogP contribution is 2.35. The van der Waals surface area contributed by atoms with Gasteiger partial charge in [-0.3, -0.25) is 4.79 Å². The molecule has 8 nitrogen and oxygen atoms in total. The van der Waals surface area contributed by atoms with Gasteiger partial charge in [0.05, 0.1) is 10.5 Å². The first-order chi connectivity index (χ1) is 17.6. The molecule has 0 radical (unpaired) electrons. The Morgan fingerprint density at radius 2 is 1.84 bits per heavy atom. The van der Waals surface area contributed by atoms with Crippen molar-refractivity contribution in [2.24, 2.45) is 0 Å². The maximum absolute atomic E-state index is 12.9. The SMILES string of the molecule is CO[C@@H]1[C@@H](O)[C@@H](O)[C@H](Oc2ccc3cc(CC(=O)c4cc5ccccc5s4)c(=O)oc3c2C)OC1(C)C. The van der Waals surface area contributed by atoms with Crippen LogP contribution in [0.4, 0.5) is 0 Å². The van der Waals surface area contributed by atoms with Crippen molar-refractivity contribution < 1.29 is 33.6 Å². The summed E-state index contributed by atoms with van der Waals surface area (Å²) in [6.45, 7) is 5.19. The Hall–Kier alpha value is -3.08. The number of Topliss-reactive ketones (excluding diaryl/α,β-unsaturated/α-hetero) is 1. The maximum atomic E-state index is 12.9. The number of carbonyl (C=O) groups is 1. The molecule has 2 aromatic heterocycles. The number of benzene rings is 2. The first-order valence-electron chi connectivity index (χ1n) is 11.9. The summed E-state index contributed by atoms with van der Waals surface area (Å²) in [7, 11) is 1.44. The summed E-state index contributed by atoms with van der Waals surface area (Å²) in [5, 5.41) is 22.7. The lowest BCUT2D eigenvalue weighted by molar-refractivity contribution is -0.306. The Balaban J connectivity index is 1.40. The highest BCUT2D eigenvalue weighted by molar-refractivity contribution is 7.20. The van der Waals surface area contributed by atoms with Crippen LogP contribution < -0.4 is 10.4 Å². The average Bonchev–Trinajstić information content (AvgIpc) is 3.30. The van der Waals surface area contributed by atoms with Gasteiger partial charge in [-0.2, -0.15) is 0 Å². The molecular weight excluding hydrogens is 496 g/mol. The second-order valence-electron chi connectivity index (χ2n) is 9.76. The highest BCUT2D eigenvalue weighted by atomic mass is 32.1. The molecule has 194 valence electrons. The van der Waals surface area contributed by atoms with E-state index in [4.69, 9.17) is 18.6 Å². The number of ketones is 1. The van der Waals surface area contributed by atoms with Crippen molar-refractivity contribution in [1.82, 2.24) is 0 Å². The van der Waals surface area contributed by atoms with Crippen LogP contribution in [-0.4, -0.2) is 53.3 Å². The summed E-state index contributed by atoms with van der Waals surface area (Å²) in [5.41, 5.74) is -0.430. The first-order valence-corrected chi connectivity index (χ1v) is 12.7. The van der Waals surface area contributed by atoms with E-state index in [-0.39, 0.29) is 17.8 Å². The molecule has 2 aromatic carbocycles. The molecule has 37 heavy (non-hydrogen) atoms. The summed E-state index contributed by atoms with van der Waals surface area (Å²) in [6, 6.07) is 14.6. The average molecular weight is 525 g/mol. The van der Waals surface area contributed by atoms with Gasteiger partial charge in [-0.05, 0) is 56.5 Å². The Bertz CT molecular complexity index is 1500. The van der Waals surface area contributed by atoms with E-state index in [0.29, 0.717) is 27.2 Å². The molecule has 0 saturated carbocycles. The molecule has 0 bridgehead atoms. The summed E-state index contributed by atoms with van der Waals surface area (Å²) in [4.78, 5) is 26.3. The topological polar surface area (TPSA) is 115 Å². The van der Waals surface area contributed by atoms with Crippen molar-refractivity contribution in [3.05, 3.63) is 75.0 Å². The largest absolute Gasteiger partial charge is 0.462 e. The van der Waals surface area contributed by atoms with Gasteiger partial charge in [0.1, 0.15) is 29.6 Å². The molecule has 4 aromatic rings. The Kier molecular flexibility index (Phi) is 6.68. The fourth-order valence-electron chi connectivity index (χ4n) is 4.81. The molecule has 0 amide bonds. The second kappa shape index (κ2) is 9.66. The van der Waals surface area contributed by atoms with Gasteiger partial charge in [0.15, 0.2) is 5.78 Å². The van der Waals surface area contributed by atoms with Crippen LogP contribution in [0.1, 0.15) is 34.6 Å². The lowest BCUT2D eigenvalue weighted by atomic mass is 9.89. The predicted octanol–water partition coefficient (Wildman–Crippen LogP) is 3.99. The monoisotopic (exact) mass is 524 g/mol. The van der Waals surface area contributed by atoms with Gasteiger partial charge in [-0.25, -0.2) is 4.79 Å². The number of aliphatic hydroxyl groups is 2. The normalized spacial score (nSPS) is 23.4. The van der Waals surface area contributed by atoms with Crippen molar-refractivity contribution in [2.45, 2.75) is 57.4 Å². The van der Waals surface area contributed by atoms with E-state index >= 15 is 0 Å². The second-order valence-corrected chi connectivity index (χ2v) is 10.8. The van der Waals surface area contributed by atoms with Gasteiger partial charge < -0.3 is 28.8 Å². The number of thiophene rings is 1. The zero-order valence-corrected chi connectivity index (χ0v) is 21.7. The van der Waals surface area contributed by atoms with E-state index in [0.717, 1.165) is 10.1 Å². The standard InChI is InChI=1S/C28H28O8S/c1-14-19(34-27-23(31)22(30)25(33-4)28(2,3)36-27)10-9-16-11-17(26(32)35-24(14)16)12-18(29)21-13-15-7-5-6-8-20(15)37-21/h5-11,13,22-23,25,27,30-31H,12H2,1-4H3/t22-,23+,25+,27+/m0/s1. The van der Waals surface area contributed by atoms with Crippen molar-refractivity contribution >= 4 is 38.2 Å². The molecule has 4 atom stereocenters. The van der Waals surface area contributed by atoms with Gasteiger partial charge >= 0.3 is 5.63 Å². The summed E-state index contributed by atoms with van der Waals surface area (Å²) < 4.78 is 23.7. The van der Waals surface area contributed by atoms with Gasteiger partial charge in [0, 0.05) is 34.7 Å². The van der Waals surface area contributed by atoms with Crippen LogP contribution in [0.2, 0.25) is 0 Å². The summed E-state index contributed by atoms with van der Waals surface area (Å²) in [6.07, 6.45) is -4.57. The molecule has 1 saturated heterocycles. The van der Waals surface area contributed by atoms with E-state index in [9.17, 15) is 19.8 Å². The van der Waals surface area contributed by atoms with E-state index < -0.39 is 35.8 Å². The van der Waals surface area contributed by atoms with Gasteiger partial charge in [0.2, 0.25) is 6.29 Å². The fraction of sp³-hybridized carbons (Fsp3) is 0.357. The number of methoxy groups -OCH3 is 1. The third-order valence-corrected chi connectivity index (χ3v) is 7.92. The zero-order valence-electron chi connectivity index (χ0n) is 20.9. The number of fused-ring (bicyclic) bond motifs is 2. The molecule has 1 fully saturated rings.